The predicted molar refractivity (Wildman–Crippen MR) is 71.2 cm³/mol. The molecule has 1 aromatic heterocycles. The minimum Gasteiger partial charge on any atom is -0.332 e. The summed E-state index contributed by atoms with van der Waals surface area (Å²) in [5.74, 6) is -0.432. The molecule has 1 aromatic carbocycles. The molecule has 0 aliphatic rings. The highest BCUT2D eigenvalue weighted by Crippen LogP contribution is 2.09. The number of amides is 2. The second-order valence-corrected chi connectivity index (χ2v) is 4.11. The molecule has 0 fully saturated rings. The molecule has 0 aliphatic heterocycles. The summed E-state index contributed by atoms with van der Waals surface area (Å²) in [5.41, 5.74) is 1.95. The van der Waals surface area contributed by atoms with E-state index in [4.69, 9.17) is 0 Å². The number of halogens is 1. The molecule has 0 unspecified atom stereocenters. The van der Waals surface area contributed by atoms with Gasteiger partial charge in [-0.3, -0.25) is 4.98 Å². The van der Waals surface area contributed by atoms with Crippen molar-refractivity contribution in [2.24, 2.45) is 0 Å². The smallest absolute Gasteiger partial charge is 0.319 e. The lowest BCUT2D eigenvalue weighted by Gasteiger charge is -2.08. The maximum atomic E-state index is 13.3. The van der Waals surface area contributed by atoms with Crippen molar-refractivity contribution in [3.63, 3.8) is 0 Å². The third-order valence-corrected chi connectivity index (χ3v) is 2.53. The zero-order chi connectivity index (χ0) is 13.7. The molecule has 0 aliphatic carbocycles. The number of rotatable bonds is 3. The number of hydrogen-bond donors (Lipinski definition) is 2. The zero-order valence-corrected chi connectivity index (χ0v) is 10.5. The van der Waals surface area contributed by atoms with E-state index in [1.165, 1.54) is 18.3 Å². The van der Waals surface area contributed by atoms with Crippen molar-refractivity contribution in [1.82, 2.24) is 10.3 Å². The highest BCUT2D eigenvalue weighted by molar-refractivity contribution is 5.89. The number of nitrogens with zero attached hydrogens (tertiary/aromatic N) is 1. The Labute approximate surface area is 110 Å². The Kier molecular flexibility index (Phi) is 4.07. The van der Waals surface area contributed by atoms with E-state index in [0.717, 1.165) is 5.56 Å². The molecule has 0 saturated carbocycles. The van der Waals surface area contributed by atoms with Gasteiger partial charge in [-0.05, 0) is 36.8 Å². The van der Waals surface area contributed by atoms with E-state index >= 15 is 0 Å². The van der Waals surface area contributed by atoms with Crippen LogP contribution in [0.5, 0.6) is 0 Å². The fraction of sp³-hybridized carbons (Fsp3) is 0.143. The van der Waals surface area contributed by atoms with Crippen molar-refractivity contribution in [3.05, 3.63) is 59.7 Å². The van der Waals surface area contributed by atoms with Gasteiger partial charge in [0, 0.05) is 11.9 Å². The van der Waals surface area contributed by atoms with Gasteiger partial charge in [-0.25, -0.2) is 9.18 Å². The number of benzene rings is 1. The van der Waals surface area contributed by atoms with Crippen molar-refractivity contribution < 1.29 is 9.18 Å². The van der Waals surface area contributed by atoms with Crippen molar-refractivity contribution in [2.75, 3.05) is 5.32 Å². The molecule has 2 aromatic rings. The van der Waals surface area contributed by atoms with Gasteiger partial charge >= 0.3 is 6.03 Å². The maximum Gasteiger partial charge on any atom is 0.319 e. The number of hydrogen-bond acceptors (Lipinski definition) is 2. The van der Waals surface area contributed by atoms with Crippen LogP contribution in [-0.2, 0) is 6.54 Å². The SMILES string of the molecule is Cc1cccc(NC(=O)NCc2ncccc2F)c1. The number of carbonyl (C=O) groups excluding carboxylic acids is 1. The fourth-order valence-corrected chi connectivity index (χ4v) is 1.61. The van der Waals surface area contributed by atoms with Crippen LogP contribution in [0.3, 0.4) is 0 Å². The normalized spacial score (nSPS) is 10.0. The first kappa shape index (κ1) is 13.0. The van der Waals surface area contributed by atoms with E-state index in [0.29, 0.717) is 5.69 Å². The van der Waals surface area contributed by atoms with Crippen LogP contribution in [0.25, 0.3) is 0 Å². The quantitative estimate of drug-likeness (QED) is 0.890. The number of aromatic nitrogens is 1. The van der Waals surface area contributed by atoms with Gasteiger partial charge in [0.05, 0.1) is 12.2 Å². The molecule has 2 N–H and O–H groups in total. The lowest BCUT2D eigenvalue weighted by Crippen LogP contribution is -2.28. The standard InChI is InChI=1S/C14H14FN3O/c1-10-4-2-5-11(8-10)18-14(19)17-9-13-12(15)6-3-7-16-13/h2-8H,9H2,1H3,(H2,17,18,19). The van der Waals surface area contributed by atoms with Gasteiger partial charge in [0.25, 0.3) is 0 Å². The number of urea groups is 1. The molecule has 2 rings (SSSR count). The molecule has 1 heterocycles. The van der Waals surface area contributed by atoms with Crippen LogP contribution in [0.15, 0.2) is 42.6 Å². The summed E-state index contributed by atoms with van der Waals surface area (Å²) in [6.45, 7) is 1.98. The van der Waals surface area contributed by atoms with E-state index in [9.17, 15) is 9.18 Å². The topological polar surface area (TPSA) is 54.0 Å². The Hall–Kier alpha value is -2.43. The molecular formula is C14H14FN3O. The second-order valence-electron chi connectivity index (χ2n) is 4.11. The molecule has 0 spiro atoms. The van der Waals surface area contributed by atoms with Gasteiger partial charge in [-0.1, -0.05) is 12.1 Å². The first-order chi connectivity index (χ1) is 9.15. The molecule has 0 atom stereocenters. The van der Waals surface area contributed by atoms with Crippen LogP contribution in [0.2, 0.25) is 0 Å². The van der Waals surface area contributed by atoms with Crippen molar-refractivity contribution >= 4 is 11.7 Å². The summed E-state index contributed by atoms with van der Waals surface area (Å²) in [6.07, 6.45) is 1.48. The Balaban J connectivity index is 1.90. The average molecular weight is 259 g/mol. The molecule has 4 nitrogen and oxygen atoms in total. The predicted octanol–water partition coefficient (Wildman–Crippen LogP) is 2.85. The molecule has 0 saturated heterocycles. The summed E-state index contributed by atoms with van der Waals surface area (Å²) in [7, 11) is 0. The Morgan fingerprint density at radius 2 is 2.16 bits per heavy atom. The highest BCUT2D eigenvalue weighted by Gasteiger charge is 2.05. The van der Waals surface area contributed by atoms with Gasteiger partial charge in [-0.15, -0.1) is 0 Å². The molecule has 0 radical (unpaired) electrons. The number of aryl methyl sites for hydroxylation is 1. The Morgan fingerprint density at radius 1 is 1.32 bits per heavy atom. The summed E-state index contributed by atoms with van der Waals surface area (Å²) >= 11 is 0. The molecular weight excluding hydrogens is 245 g/mol. The Morgan fingerprint density at radius 3 is 2.89 bits per heavy atom. The minimum atomic E-state index is -0.432. The zero-order valence-electron chi connectivity index (χ0n) is 10.5. The van der Waals surface area contributed by atoms with Gasteiger partial charge in [0.1, 0.15) is 5.82 Å². The average Bonchev–Trinajstić information content (AvgIpc) is 2.38. The van der Waals surface area contributed by atoms with E-state index < -0.39 is 11.8 Å². The van der Waals surface area contributed by atoms with E-state index in [-0.39, 0.29) is 12.2 Å². The number of pyridine rings is 1. The van der Waals surface area contributed by atoms with Gasteiger partial charge in [-0.2, -0.15) is 0 Å². The Bertz CT molecular complexity index is 586. The largest absolute Gasteiger partial charge is 0.332 e. The number of anilines is 1. The van der Waals surface area contributed by atoms with Crippen molar-refractivity contribution in [2.45, 2.75) is 13.5 Å². The third kappa shape index (κ3) is 3.77. The first-order valence-electron chi connectivity index (χ1n) is 5.86. The van der Waals surface area contributed by atoms with Crippen LogP contribution in [0.4, 0.5) is 14.9 Å². The molecule has 98 valence electrons. The first-order valence-corrected chi connectivity index (χ1v) is 5.86. The second kappa shape index (κ2) is 5.95. The lowest BCUT2D eigenvalue weighted by molar-refractivity contribution is 0.251. The third-order valence-electron chi connectivity index (χ3n) is 2.53. The summed E-state index contributed by atoms with van der Waals surface area (Å²) in [6, 6.07) is 9.84. The monoisotopic (exact) mass is 259 g/mol. The lowest BCUT2D eigenvalue weighted by atomic mass is 10.2. The van der Waals surface area contributed by atoms with Crippen LogP contribution in [0, 0.1) is 12.7 Å². The van der Waals surface area contributed by atoms with Crippen molar-refractivity contribution in [1.29, 1.82) is 0 Å². The summed E-state index contributed by atoms with van der Waals surface area (Å²) in [5, 5.41) is 5.23. The summed E-state index contributed by atoms with van der Waals surface area (Å²) in [4.78, 5) is 15.5. The maximum absolute atomic E-state index is 13.3. The number of nitrogens with one attached hydrogen (secondary N) is 2. The molecule has 0 bridgehead atoms. The molecule has 2 amide bonds. The van der Waals surface area contributed by atoms with Gasteiger partial charge < -0.3 is 10.6 Å². The van der Waals surface area contributed by atoms with Gasteiger partial charge in [0.2, 0.25) is 0 Å². The van der Waals surface area contributed by atoms with Crippen LogP contribution in [0.1, 0.15) is 11.3 Å². The van der Waals surface area contributed by atoms with Gasteiger partial charge in [0.15, 0.2) is 0 Å². The fourth-order valence-electron chi connectivity index (χ4n) is 1.61. The molecule has 5 heteroatoms. The van der Waals surface area contributed by atoms with Crippen LogP contribution < -0.4 is 10.6 Å². The minimum absolute atomic E-state index is 0.0460. The van der Waals surface area contributed by atoms with Crippen molar-refractivity contribution in [3.8, 4) is 0 Å². The summed E-state index contributed by atoms with van der Waals surface area (Å²) < 4.78 is 13.3. The van der Waals surface area contributed by atoms with Crippen LogP contribution >= 0.6 is 0 Å². The highest BCUT2D eigenvalue weighted by atomic mass is 19.1. The van der Waals surface area contributed by atoms with E-state index in [2.05, 4.69) is 15.6 Å². The van der Waals surface area contributed by atoms with E-state index in [1.807, 2.05) is 25.1 Å². The number of carbonyl (C=O) groups is 1. The molecule has 19 heavy (non-hydrogen) atoms. The van der Waals surface area contributed by atoms with E-state index in [1.54, 1.807) is 6.07 Å². The van der Waals surface area contributed by atoms with Crippen LogP contribution in [-0.4, -0.2) is 11.0 Å².